The molecule has 0 saturated carbocycles. The molecule has 0 saturated heterocycles. The highest BCUT2D eigenvalue weighted by molar-refractivity contribution is 9.10. The van der Waals surface area contributed by atoms with E-state index in [0.29, 0.717) is 10.2 Å². The molecule has 6 heteroatoms. The van der Waals surface area contributed by atoms with Crippen LogP contribution in [0.5, 0.6) is 0 Å². The van der Waals surface area contributed by atoms with E-state index in [1.165, 1.54) is 0 Å². The normalized spacial score (nSPS) is 12.1. The van der Waals surface area contributed by atoms with Gasteiger partial charge in [-0.15, -0.1) is 0 Å². The zero-order valence-corrected chi connectivity index (χ0v) is 13.3. The molecular weight excluding hydrogens is 324 g/mol. The highest BCUT2D eigenvalue weighted by Gasteiger charge is 2.17. The van der Waals surface area contributed by atoms with Crippen molar-refractivity contribution in [3.05, 3.63) is 28.2 Å². The number of carbonyl (C=O) groups excluding carboxylic acids is 2. The quantitative estimate of drug-likeness (QED) is 0.730. The van der Waals surface area contributed by atoms with Gasteiger partial charge in [0.1, 0.15) is 0 Å². The van der Waals surface area contributed by atoms with Crippen molar-refractivity contribution in [1.82, 2.24) is 5.32 Å². The van der Waals surface area contributed by atoms with Crippen molar-refractivity contribution < 1.29 is 14.7 Å². The fraction of sp³-hybridized carbons (Fsp3) is 0.429. The summed E-state index contributed by atoms with van der Waals surface area (Å²) >= 11 is 3.30. The summed E-state index contributed by atoms with van der Waals surface area (Å²) in [5.41, 5.74) is 1.51. The molecule has 0 fully saturated rings. The Balaban J connectivity index is 2.58. The number of rotatable bonds is 4. The molecule has 1 rings (SSSR count). The summed E-state index contributed by atoms with van der Waals surface area (Å²) in [6.45, 7) is 5.61. The first-order valence-electron chi connectivity index (χ1n) is 6.34. The summed E-state index contributed by atoms with van der Waals surface area (Å²) in [6, 6.07) is 5.45. The Morgan fingerprint density at radius 1 is 1.30 bits per heavy atom. The maximum Gasteiger partial charge on any atom is 0.313 e. The van der Waals surface area contributed by atoms with E-state index in [1.54, 1.807) is 12.1 Å². The summed E-state index contributed by atoms with van der Waals surface area (Å²) in [5, 5.41) is 14.5. The van der Waals surface area contributed by atoms with Crippen LogP contribution in [0.1, 0.15) is 19.4 Å². The zero-order chi connectivity index (χ0) is 15.3. The van der Waals surface area contributed by atoms with Gasteiger partial charge in [0, 0.05) is 11.0 Å². The van der Waals surface area contributed by atoms with Gasteiger partial charge in [-0.1, -0.05) is 19.9 Å². The van der Waals surface area contributed by atoms with E-state index >= 15 is 0 Å². The molecule has 1 unspecified atom stereocenters. The molecule has 0 bridgehead atoms. The number of aliphatic hydroxyl groups is 1. The van der Waals surface area contributed by atoms with Crippen molar-refractivity contribution in [2.45, 2.75) is 26.9 Å². The van der Waals surface area contributed by atoms with Crippen LogP contribution in [0.15, 0.2) is 22.7 Å². The molecule has 20 heavy (non-hydrogen) atoms. The number of benzene rings is 1. The minimum atomic E-state index is -0.766. The molecule has 110 valence electrons. The highest BCUT2D eigenvalue weighted by Crippen LogP contribution is 2.23. The fourth-order valence-corrected chi connectivity index (χ4v) is 1.77. The second-order valence-electron chi connectivity index (χ2n) is 4.96. The number of carbonyl (C=O) groups is 2. The SMILES string of the molecule is Cc1ccc(Br)c(NC(=O)C(=O)NCC(O)C(C)C)c1. The third kappa shape index (κ3) is 4.94. The minimum Gasteiger partial charge on any atom is -0.391 e. The number of aryl methyl sites for hydroxylation is 1. The Morgan fingerprint density at radius 2 is 1.95 bits per heavy atom. The van der Waals surface area contributed by atoms with Crippen LogP contribution in [-0.2, 0) is 9.59 Å². The molecule has 0 aromatic heterocycles. The van der Waals surface area contributed by atoms with Gasteiger partial charge in [-0.2, -0.15) is 0 Å². The maximum atomic E-state index is 11.7. The summed E-state index contributed by atoms with van der Waals surface area (Å²) in [7, 11) is 0. The number of hydrogen-bond donors (Lipinski definition) is 3. The van der Waals surface area contributed by atoms with Crippen molar-refractivity contribution in [2.75, 3.05) is 11.9 Å². The summed E-state index contributed by atoms with van der Waals surface area (Å²) in [6.07, 6.45) is -0.669. The van der Waals surface area contributed by atoms with Gasteiger partial charge in [0.25, 0.3) is 0 Å². The molecule has 0 heterocycles. The number of nitrogens with one attached hydrogen (secondary N) is 2. The van der Waals surface area contributed by atoms with E-state index in [0.717, 1.165) is 5.56 Å². The van der Waals surface area contributed by atoms with Gasteiger partial charge in [0.05, 0.1) is 11.8 Å². The molecule has 3 N–H and O–H groups in total. The van der Waals surface area contributed by atoms with E-state index in [-0.39, 0.29) is 12.5 Å². The van der Waals surface area contributed by atoms with Gasteiger partial charge in [-0.25, -0.2) is 0 Å². The Hall–Kier alpha value is -1.40. The van der Waals surface area contributed by atoms with Gasteiger partial charge in [0.2, 0.25) is 0 Å². The van der Waals surface area contributed by atoms with E-state index in [4.69, 9.17) is 0 Å². The number of halogens is 1. The van der Waals surface area contributed by atoms with Crippen LogP contribution in [0, 0.1) is 12.8 Å². The molecule has 5 nitrogen and oxygen atoms in total. The third-order valence-electron chi connectivity index (χ3n) is 2.82. The topological polar surface area (TPSA) is 78.4 Å². The molecule has 1 aromatic rings. The average Bonchev–Trinajstić information content (AvgIpc) is 2.39. The molecule has 0 spiro atoms. The lowest BCUT2D eigenvalue weighted by molar-refractivity contribution is -0.136. The van der Waals surface area contributed by atoms with E-state index in [2.05, 4.69) is 26.6 Å². The number of amides is 2. The van der Waals surface area contributed by atoms with Crippen LogP contribution in [0.4, 0.5) is 5.69 Å². The van der Waals surface area contributed by atoms with E-state index in [1.807, 2.05) is 26.8 Å². The molecule has 0 aliphatic heterocycles. The van der Waals surface area contributed by atoms with Crippen molar-refractivity contribution in [2.24, 2.45) is 5.92 Å². The monoisotopic (exact) mass is 342 g/mol. The Bertz CT molecular complexity index is 503. The summed E-state index contributed by atoms with van der Waals surface area (Å²) < 4.78 is 0.700. The number of hydrogen-bond acceptors (Lipinski definition) is 3. The van der Waals surface area contributed by atoms with Crippen LogP contribution in [-0.4, -0.2) is 29.6 Å². The number of aliphatic hydroxyl groups excluding tert-OH is 1. The van der Waals surface area contributed by atoms with Crippen molar-refractivity contribution in [3.8, 4) is 0 Å². The van der Waals surface area contributed by atoms with Crippen LogP contribution in [0.3, 0.4) is 0 Å². The fourth-order valence-electron chi connectivity index (χ4n) is 1.43. The van der Waals surface area contributed by atoms with Gasteiger partial charge >= 0.3 is 11.8 Å². The van der Waals surface area contributed by atoms with Crippen LogP contribution >= 0.6 is 15.9 Å². The lowest BCUT2D eigenvalue weighted by Crippen LogP contribution is -2.40. The van der Waals surface area contributed by atoms with Crippen molar-refractivity contribution >= 4 is 33.4 Å². The van der Waals surface area contributed by atoms with Crippen molar-refractivity contribution in [1.29, 1.82) is 0 Å². The molecule has 0 radical (unpaired) electrons. The predicted molar refractivity (Wildman–Crippen MR) is 81.4 cm³/mol. The van der Waals surface area contributed by atoms with Crippen LogP contribution < -0.4 is 10.6 Å². The second kappa shape index (κ2) is 7.40. The molecule has 2 amide bonds. The Kier molecular flexibility index (Phi) is 6.16. The van der Waals surface area contributed by atoms with Gasteiger partial charge in [-0.3, -0.25) is 9.59 Å². The first-order chi connectivity index (χ1) is 9.31. The highest BCUT2D eigenvalue weighted by atomic mass is 79.9. The first-order valence-corrected chi connectivity index (χ1v) is 7.14. The summed E-state index contributed by atoms with van der Waals surface area (Å²) in [4.78, 5) is 23.4. The van der Waals surface area contributed by atoms with Crippen molar-refractivity contribution in [3.63, 3.8) is 0 Å². The summed E-state index contributed by atoms with van der Waals surface area (Å²) in [5.74, 6) is -1.50. The maximum absolute atomic E-state index is 11.7. The largest absolute Gasteiger partial charge is 0.391 e. The molecular formula is C14H19BrN2O3. The standard InChI is InChI=1S/C14H19BrN2O3/c1-8(2)12(18)7-16-13(19)14(20)17-11-6-9(3)4-5-10(11)15/h4-6,8,12,18H,7H2,1-3H3,(H,16,19)(H,17,20). The predicted octanol–water partition coefficient (Wildman–Crippen LogP) is 1.83. The van der Waals surface area contributed by atoms with Gasteiger partial charge in [-0.05, 0) is 46.5 Å². The smallest absolute Gasteiger partial charge is 0.313 e. The first kappa shape index (κ1) is 16.7. The molecule has 1 atom stereocenters. The number of anilines is 1. The van der Waals surface area contributed by atoms with Crippen LogP contribution in [0.25, 0.3) is 0 Å². The lowest BCUT2D eigenvalue weighted by atomic mass is 10.1. The zero-order valence-electron chi connectivity index (χ0n) is 11.7. The van der Waals surface area contributed by atoms with Crippen LogP contribution in [0.2, 0.25) is 0 Å². The second-order valence-corrected chi connectivity index (χ2v) is 5.81. The molecule has 0 aliphatic rings. The Morgan fingerprint density at radius 3 is 2.55 bits per heavy atom. The van der Waals surface area contributed by atoms with E-state index in [9.17, 15) is 14.7 Å². The van der Waals surface area contributed by atoms with Gasteiger partial charge in [0.15, 0.2) is 0 Å². The van der Waals surface area contributed by atoms with Gasteiger partial charge < -0.3 is 15.7 Å². The molecule has 1 aromatic carbocycles. The minimum absolute atomic E-state index is 0.0179. The Labute approximate surface area is 126 Å². The molecule has 0 aliphatic carbocycles. The average molecular weight is 343 g/mol. The van der Waals surface area contributed by atoms with E-state index < -0.39 is 17.9 Å². The third-order valence-corrected chi connectivity index (χ3v) is 3.51. The lowest BCUT2D eigenvalue weighted by Gasteiger charge is -2.15.